The molecule has 6 heteroatoms. The highest BCUT2D eigenvalue weighted by Crippen LogP contribution is 2.25. The van der Waals surface area contributed by atoms with Gasteiger partial charge in [0.15, 0.2) is 5.69 Å². The zero-order valence-electron chi connectivity index (χ0n) is 18.0. The Kier molecular flexibility index (Phi) is 8.56. The lowest BCUT2D eigenvalue weighted by atomic mass is 9.93. The van der Waals surface area contributed by atoms with E-state index >= 15 is 0 Å². The number of oxazole rings is 1. The number of nitrogens with one attached hydrogen (secondary N) is 1. The lowest BCUT2D eigenvalue weighted by molar-refractivity contribution is -0.135. The van der Waals surface area contributed by atoms with Crippen molar-refractivity contribution in [3.63, 3.8) is 0 Å². The van der Waals surface area contributed by atoms with Crippen molar-refractivity contribution < 1.29 is 14.0 Å². The average Bonchev–Trinajstić information content (AvgIpc) is 3.22. The zero-order chi connectivity index (χ0) is 20.5. The third-order valence-corrected chi connectivity index (χ3v) is 6.36. The highest BCUT2D eigenvalue weighted by Gasteiger charge is 2.27. The van der Waals surface area contributed by atoms with Crippen LogP contribution in [0.5, 0.6) is 0 Å². The van der Waals surface area contributed by atoms with Gasteiger partial charge in [0, 0.05) is 18.5 Å². The molecule has 0 aromatic carbocycles. The van der Waals surface area contributed by atoms with Crippen LogP contribution in [0, 0.1) is 0 Å². The summed E-state index contributed by atoms with van der Waals surface area (Å²) in [5.74, 6) is 0.496. The Morgan fingerprint density at radius 3 is 2.45 bits per heavy atom. The molecule has 2 saturated carbocycles. The Labute approximate surface area is 174 Å². The number of unbranched alkanes of at least 4 members (excludes halogenated alkanes) is 2. The summed E-state index contributed by atoms with van der Waals surface area (Å²) in [6, 6.07) is 0.513. The van der Waals surface area contributed by atoms with Crippen molar-refractivity contribution in [2.75, 3.05) is 0 Å². The number of rotatable bonds is 9. The molecule has 162 valence electrons. The predicted octanol–water partition coefficient (Wildman–Crippen LogP) is 4.98. The zero-order valence-corrected chi connectivity index (χ0v) is 18.0. The monoisotopic (exact) mass is 403 g/mol. The summed E-state index contributed by atoms with van der Waals surface area (Å²) in [6.07, 6.45) is 16.5. The lowest BCUT2D eigenvalue weighted by Crippen LogP contribution is -2.41. The molecule has 1 heterocycles. The molecule has 0 saturated heterocycles. The number of hydrogen-bond acceptors (Lipinski definition) is 4. The summed E-state index contributed by atoms with van der Waals surface area (Å²) >= 11 is 0. The molecule has 2 aliphatic carbocycles. The van der Waals surface area contributed by atoms with Crippen molar-refractivity contribution in [3.05, 3.63) is 17.8 Å². The van der Waals surface area contributed by atoms with Crippen LogP contribution in [0.25, 0.3) is 0 Å². The van der Waals surface area contributed by atoms with E-state index in [1.807, 2.05) is 4.90 Å². The van der Waals surface area contributed by atoms with E-state index in [4.69, 9.17) is 4.42 Å². The van der Waals surface area contributed by atoms with Crippen LogP contribution < -0.4 is 5.32 Å². The van der Waals surface area contributed by atoms with Gasteiger partial charge in [-0.25, -0.2) is 4.98 Å². The van der Waals surface area contributed by atoms with E-state index < -0.39 is 0 Å². The second kappa shape index (κ2) is 11.4. The van der Waals surface area contributed by atoms with Crippen molar-refractivity contribution in [3.8, 4) is 0 Å². The molecule has 0 atom stereocenters. The second-order valence-corrected chi connectivity index (χ2v) is 8.71. The average molecular weight is 404 g/mol. The van der Waals surface area contributed by atoms with Crippen LogP contribution in [-0.2, 0) is 11.3 Å². The number of nitrogens with zero attached hydrogens (tertiary/aromatic N) is 2. The third-order valence-electron chi connectivity index (χ3n) is 6.36. The molecular formula is C23H37N3O3. The highest BCUT2D eigenvalue weighted by atomic mass is 16.3. The summed E-state index contributed by atoms with van der Waals surface area (Å²) in [5.41, 5.74) is 0.326. The van der Waals surface area contributed by atoms with E-state index in [-0.39, 0.29) is 23.9 Å². The molecule has 29 heavy (non-hydrogen) atoms. The fourth-order valence-corrected chi connectivity index (χ4v) is 4.62. The van der Waals surface area contributed by atoms with Crippen LogP contribution in [0.15, 0.2) is 10.7 Å². The molecule has 6 nitrogen and oxygen atoms in total. The van der Waals surface area contributed by atoms with Crippen molar-refractivity contribution in [1.82, 2.24) is 15.2 Å². The summed E-state index contributed by atoms with van der Waals surface area (Å²) in [7, 11) is 0. The molecule has 0 spiro atoms. The molecule has 2 aliphatic rings. The largest absolute Gasteiger partial charge is 0.446 e. The Bertz CT molecular complexity index is 646. The first-order valence-corrected chi connectivity index (χ1v) is 11.7. The quantitative estimate of drug-likeness (QED) is 0.590. The molecule has 2 fully saturated rings. The van der Waals surface area contributed by atoms with Crippen LogP contribution >= 0.6 is 0 Å². The summed E-state index contributed by atoms with van der Waals surface area (Å²) < 4.78 is 5.61. The van der Waals surface area contributed by atoms with Gasteiger partial charge in [-0.15, -0.1) is 0 Å². The maximum Gasteiger partial charge on any atom is 0.273 e. The second-order valence-electron chi connectivity index (χ2n) is 8.71. The highest BCUT2D eigenvalue weighted by molar-refractivity contribution is 5.92. The van der Waals surface area contributed by atoms with Crippen LogP contribution in [0.4, 0.5) is 0 Å². The van der Waals surface area contributed by atoms with Gasteiger partial charge < -0.3 is 14.6 Å². The Morgan fingerprint density at radius 2 is 1.76 bits per heavy atom. The molecule has 1 aromatic rings. The fourth-order valence-electron chi connectivity index (χ4n) is 4.62. The van der Waals surface area contributed by atoms with Crippen LogP contribution in [0.2, 0.25) is 0 Å². The number of hydrogen-bond donors (Lipinski definition) is 1. The molecule has 0 aliphatic heterocycles. The Morgan fingerprint density at radius 1 is 1.07 bits per heavy atom. The minimum Gasteiger partial charge on any atom is -0.446 e. The van der Waals surface area contributed by atoms with Gasteiger partial charge in [0.1, 0.15) is 6.26 Å². The number of amides is 2. The van der Waals surface area contributed by atoms with Gasteiger partial charge in [-0.3, -0.25) is 9.59 Å². The van der Waals surface area contributed by atoms with E-state index in [9.17, 15) is 9.59 Å². The molecule has 3 rings (SSSR count). The third kappa shape index (κ3) is 6.58. The molecule has 0 bridgehead atoms. The van der Waals surface area contributed by atoms with Gasteiger partial charge in [0.05, 0.1) is 6.54 Å². The van der Waals surface area contributed by atoms with Gasteiger partial charge in [-0.1, -0.05) is 58.3 Å². The van der Waals surface area contributed by atoms with Gasteiger partial charge in [0.2, 0.25) is 11.8 Å². The molecule has 1 N–H and O–H groups in total. The summed E-state index contributed by atoms with van der Waals surface area (Å²) in [5, 5.41) is 3.08. The number of aromatic nitrogens is 1. The van der Waals surface area contributed by atoms with Gasteiger partial charge in [-0.05, 0) is 32.1 Å². The lowest BCUT2D eigenvalue weighted by Gasteiger charge is -2.33. The summed E-state index contributed by atoms with van der Waals surface area (Å²) in [6.45, 7) is 2.52. The van der Waals surface area contributed by atoms with E-state index in [0.717, 1.165) is 44.9 Å². The summed E-state index contributed by atoms with van der Waals surface area (Å²) in [4.78, 5) is 31.8. The molecule has 0 unspecified atom stereocenters. The predicted molar refractivity (Wildman–Crippen MR) is 112 cm³/mol. The van der Waals surface area contributed by atoms with Gasteiger partial charge in [-0.2, -0.15) is 0 Å². The first-order valence-electron chi connectivity index (χ1n) is 11.7. The number of carbonyl (C=O) groups excluding carboxylic acids is 2. The Balaban J connectivity index is 1.60. The maximum absolute atomic E-state index is 12.9. The Hall–Kier alpha value is -1.85. The van der Waals surface area contributed by atoms with Crippen LogP contribution in [-0.4, -0.2) is 33.8 Å². The smallest absolute Gasteiger partial charge is 0.273 e. The van der Waals surface area contributed by atoms with Crippen molar-refractivity contribution in [2.45, 2.75) is 115 Å². The van der Waals surface area contributed by atoms with E-state index in [0.29, 0.717) is 24.6 Å². The standard InChI is InChI=1S/C23H37N3O3/c1-2-3-6-15-22(27)26(19-13-9-5-10-14-19)16-21-25-20(17-29-21)23(28)24-18-11-7-4-8-12-18/h17-19H,2-16H2,1H3,(H,24,28). The number of carbonyl (C=O) groups is 2. The van der Waals surface area contributed by atoms with Gasteiger partial charge >= 0.3 is 0 Å². The van der Waals surface area contributed by atoms with Crippen LogP contribution in [0.1, 0.15) is 113 Å². The minimum atomic E-state index is -0.162. The van der Waals surface area contributed by atoms with E-state index in [1.54, 1.807) is 0 Å². The fraction of sp³-hybridized carbons (Fsp3) is 0.783. The molecule has 0 radical (unpaired) electrons. The first-order chi connectivity index (χ1) is 14.2. The minimum absolute atomic E-state index is 0.162. The SMILES string of the molecule is CCCCCC(=O)N(Cc1nc(C(=O)NC2CCCCC2)co1)C1CCCCC1. The van der Waals surface area contributed by atoms with E-state index in [2.05, 4.69) is 17.2 Å². The first kappa shape index (κ1) is 21.8. The van der Waals surface area contributed by atoms with Crippen molar-refractivity contribution in [2.24, 2.45) is 0 Å². The molecule has 2 amide bonds. The van der Waals surface area contributed by atoms with Crippen molar-refractivity contribution >= 4 is 11.8 Å². The van der Waals surface area contributed by atoms with Gasteiger partial charge in [0.25, 0.3) is 5.91 Å². The van der Waals surface area contributed by atoms with E-state index in [1.165, 1.54) is 44.8 Å². The maximum atomic E-state index is 12.9. The topological polar surface area (TPSA) is 75.4 Å². The van der Waals surface area contributed by atoms with Crippen molar-refractivity contribution in [1.29, 1.82) is 0 Å². The normalized spacial score (nSPS) is 18.5. The molecular weight excluding hydrogens is 366 g/mol. The molecule has 1 aromatic heterocycles. The van der Waals surface area contributed by atoms with Crippen LogP contribution in [0.3, 0.4) is 0 Å².